The maximum Gasteiger partial charge on any atom is 0.405 e. The number of alkyl halides is 3. The summed E-state index contributed by atoms with van der Waals surface area (Å²) in [6, 6.07) is 6.47. The Morgan fingerprint density at radius 3 is 2.18 bits per heavy atom. The van der Waals surface area contributed by atoms with Gasteiger partial charge in [-0.2, -0.15) is 13.2 Å². The van der Waals surface area contributed by atoms with Crippen molar-refractivity contribution in [2.45, 2.75) is 26.1 Å². The lowest BCUT2D eigenvalue weighted by Crippen LogP contribution is -2.34. The van der Waals surface area contributed by atoms with Gasteiger partial charge in [-0.05, 0) is 24.1 Å². The third-order valence-electron chi connectivity index (χ3n) is 2.35. The molecule has 0 amide bonds. The molecule has 0 heterocycles. The van der Waals surface area contributed by atoms with Crippen LogP contribution < -0.4 is 4.90 Å². The quantitative estimate of drug-likeness (QED) is 0.864. The van der Waals surface area contributed by atoms with Crippen LogP contribution in [0.1, 0.15) is 18.9 Å². The fraction of sp³-hybridized carbons (Fsp3) is 0.500. The van der Waals surface area contributed by atoms with E-state index in [0.29, 0.717) is 24.2 Å². The zero-order valence-corrected chi connectivity index (χ0v) is 9.67. The summed E-state index contributed by atoms with van der Waals surface area (Å²) in [6.45, 7) is 1.15. The molecule has 0 fully saturated rings. The highest BCUT2D eigenvalue weighted by atomic mass is 19.4. The molecule has 1 aromatic rings. The molecule has 1 rings (SSSR count). The summed E-state index contributed by atoms with van der Waals surface area (Å²) >= 11 is 0. The van der Waals surface area contributed by atoms with Crippen molar-refractivity contribution in [3.8, 4) is 0 Å². The van der Waals surface area contributed by atoms with Crippen molar-refractivity contribution in [1.82, 2.24) is 0 Å². The van der Waals surface area contributed by atoms with Gasteiger partial charge in [-0.1, -0.05) is 19.1 Å². The molecule has 0 spiro atoms. The lowest BCUT2D eigenvalue weighted by molar-refractivity contribution is -0.119. The molecule has 0 unspecified atom stereocenters. The number of anilines is 1. The molecule has 0 aromatic heterocycles. The summed E-state index contributed by atoms with van der Waals surface area (Å²) in [5, 5.41) is 8.86. The number of rotatable bonds is 5. The minimum absolute atomic E-state index is 0.104. The number of aliphatic hydroxyl groups excluding tert-OH is 1. The molecule has 1 aromatic carbocycles. The van der Waals surface area contributed by atoms with Crippen molar-refractivity contribution in [3.63, 3.8) is 0 Å². The minimum atomic E-state index is -4.20. The zero-order valence-electron chi connectivity index (χ0n) is 9.67. The van der Waals surface area contributed by atoms with Crippen molar-refractivity contribution in [2.24, 2.45) is 0 Å². The minimum Gasteiger partial charge on any atom is -0.392 e. The highest BCUT2D eigenvalue weighted by molar-refractivity contribution is 5.47. The molecule has 2 nitrogen and oxygen atoms in total. The average molecular weight is 247 g/mol. The third kappa shape index (κ3) is 4.65. The van der Waals surface area contributed by atoms with Crippen LogP contribution in [0.3, 0.4) is 0 Å². The molecule has 0 bridgehead atoms. The van der Waals surface area contributed by atoms with E-state index < -0.39 is 12.7 Å². The molecule has 0 radical (unpaired) electrons. The Labute approximate surface area is 98.7 Å². The van der Waals surface area contributed by atoms with Crippen LogP contribution in [0.15, 0.2) is 24.3 Å². The second-order valence-electron chi connectivity index (χ2n) is 3.86. The zero-order chi connectivity index (χ0) is 12.9. The van der Waals surface area contributed by atoms with Crippen molar-refractivity contribution in [2.75, 3.05) is 18.0 Å². The van der Waals surface area contributed by atoms with Gasteiger partial charge in [0.05, 0.1) is 6.61 Å². The summed E-state index contributed by atoms with van der Waals surface area (Å²) in [5.41, 5.74) is 1.22. The first kappa shape index (κ1) is 13.8. The Kier molecular flexibility index (Phi) is 4.81. The van der Waals surface area contributed by atoms with Gasteiger partial charge in [0.25, 0.3) is 0 Å². The lowest BCUT2D eigenvalue weighted by atomic mass is 10.2. The largest absolute Gasteiger partial charge is 0.405 e. The lowest BCUT2D eigenvalue weighted by Gasteiger charge is -2.25. The van der Waals surface area contributed by atoms with Crippen molar-refractivity contribution < 1.29 is 18.3 Å². The van der Waals surface area contributed by atoms with Gasteiger partial charge in [-0.3, -0.25) is 0 Å². The van der Waals surface area contributed by atoms with Gasteiger partial charge >= 0.3 is 6.18 Å². The van der Waals surface area contributed by atoms with Gasteiger partial charge in [0, 0.05) is 12.2 Å². The van der Waals surface area contributed by atoms with Crippen LogP contribution in [0.2, 0.25) is 0 Å². The fourth-order valence-corrected chi connectivity index (χ4v) is 1.60. The molecule has 96 valence electrons. The predicted molar refractivity (Wildman–Crippen MR) is 60.9 cm³/mol. The number of benzene rings is 1. The third-order valence-corrected chi connectivity index (χ3v) is 2.35. The van der Waals surface area contributed by atoms with Crippen LogP contribution in [0.25, 0.3) is 0 Å². The number of hydrogen-bond acceptors (Lipinski definition) is 2. The Morgan fingerprint density at radius 1 is 1.18 bits per heavy atom. The Balaban J connectivity index is 2.81. The van der Waals surface area contributed by atoms with E-state index in [1.165, 1.54) is 4.90 Å². The van der Waals surface area contributed by atoms with Gasteiger partial charge in [-0.25, -0.2) is 0 Å². The van der Waals surface area contributed by atoms with Crippen molar-refractivity contribution in [1.29, 1.82) is 0 Å². The molecule has 0 saturated carbocycles. The molecule has 0 saturated heterocycles. The molecular formula is C12H16F3NO. The van der Waals surface area contributed by atoms with E-state index in [-0.39, 0.29) is 6.61 Å². The Morgan fingerprint density at radius 2 is 1.76 bits per heavy atom. The van der Waals surface area contributed by atoms with E-state index >= 15 is 0 Å². The monoisotopic (exact) mass is 247 g/mol. The van der Waals surface area contributed by atoms with Crippen LogP contribution in [0.5, 0.6) is 0 Å². The molecule has 0 atom stereocenters. The molecule has 0 aliphatic heterocycles. The van der Waals surface area contributed by atoms with Gasteiger partial charge in [0.1, 0.15) is 6.54 Å². The molecule has 0 aliphatic carbocycles. The number of nitrogens with zero attached hydrogens (tertiary/aromatic N) is 1. The van der Waals surface area contributed by atoms with E-state index in [1.54, 1.807) is 24.3 Å². The van der Waals surface area contributed by atoms with E-state index in [0.717, 1.165) is 0 Å². The summed E-state index contributed by atoms with van der Waals surface area (Å²) in [5.74, 6) is 0. The highest BCUT2D eigenvalue weighted by Crippen LogP contribution is 2.22. The second kappa shape index (κ2) is 5.91. The van der Waals surface area contributed by atoms with Crippen LogP contribution in [-0.2, 0) is 6.61 Å². The van der Waals surface area contributed by atoms with Crippen LogP contribution in [-0.4, -0.2) is 24.4 Å². The smallest absolute Gasteiger partial charge is 0.392 e. The molecule has 0 aliphatic rings. The average Bonchev–Trinajstić information content (AvgIpc) is 2.27. The molecule has 5 heteroatoms. The van der Waals surface area contributed by atoms with Crippen molar-refractivity contribution in [3.05, 3.63) is 29.8 Å². The Bertz CT molecular complexity index is 335. The van der Waals surface area contributed by atoms with E-state index in [2.05, 4.69) is 0 Å². The topological polar surface area (TPSA) is 23.5 Å². The summed E-state index contributed by atoms with van der Waals surface area (Å²) in [6.07, 6.45) is -3.55. The second-order valence-corrected chi connectivity index (χ2v) is 3.86. The first-order valence-corrected chi connectivity index (χ1v) is 5.47. The van der Waals surface area contributed by atoms with E-state index in [9.17, 15) is 13.2 Å². The summed E-state index contributed by atoms with van der Waals surface area (Å²) in [4.78, 5) is 1.29. The van der Waals surface area contributed by atoms with Gasteiger partial charge in [0.15, 0.2) is 0 Å². The van der Waals surface area contributed by atoms with Crippen LogP contribution >= 0.6 is 0 Å². The number of halogens is 3. The van der Waals surface area contributed by atoms with Crippen LogP contribution in [0, 0.1) is 0 Å². The molecule has 17 heavy (non-hydrogen) atoms. The van der Waals surface area contributed by atoms with Crippen molar-refractivity contribution >= 4 is 5.69 Å². The van der Waals surface area contributed by atoms with Gasteiger partial charge < -0.3 is 10.0 Å². The fourth-order valence-electron chi connectivity index (χ4n) is 1.60. The maximum absolute atomic E-state index is 12.4. The first-order valence-electron chi connectivity index (χ1n) is 5.47. The Hall–Kier alpha value is -1.23. The van der Waals surface area contributed by atoms with Gasteiger partial charge in [-0.15, -0.1) is 0 Å². The van der Waals surface area contributed by atoms with E-state index in [1.807, 2.05) is 6.92 Å². The summed E-state index contributed by atoms with van der Waals surface area (Å²) in [7, 11) is 0. The number of aliphatic hydroxyl groups is 1. The number of hydrogen-bond donors (Lipinski definition) is 1. The summed E-state index contributed by atoms with van der Waals surface area (Å²) < 4.78 is 37.1. The standard InChI is InChI=1S/C12H16F3NO/c1-2-7-16(9-12(13,14)15)11-5-3-10(8-17)4-6-11/h3-6,17H,2,7-9H2,1H3. The first-order chi connectivity index (χ1) is 7.96. The van der Waals surface area contributed by atoms with Crippen LogP contribution in [0.4, 0.5) is 18.9 Å². The van der Waals surface area contributed by atoms with Gasteiger partial charge in [0.2, 0.25) is 0 Å². The predicted octanol–water partition coefficient (Wildman–Crippen LogP) is 2.96. The normalized spacial score (nSPS) is 11.6. The maximum atomic E-state index is 12.4. The SMILES string of the molecule is CCCN(CC(F)(F)F)c1ccc(CO)cc1. The molecular weight excluding hydrogens is 231 g/mol. The van der Waals surface area contributed by atoms with E-state index in [4.69, 9.17) is 5.11 Å². The molecule has 1 N–H and O–H groups in total. The highest BCUT2D eigenvalue weighted by Gasteiger charge is 2.30.